The van der Waals surface area contributed by atoms with Gasteiger partial charge in [0.05, 0.1) is 26.4 Å². The van der Waals surface area contributed by atoms with Crippen LogP contribution in [0.1, 0.15) is 5.56 Å². The van der Waals surface area contributed by atoms with Crippen LogP contribution in [-0.4, -0.2) is 37.7 Å². The molecule has 1 rings (SSSR count). The molecule has 0 saturated heterocycles. The predicted molar refractivity (Wildman–Crippen MR) is 56.8 cm³/mol. The van der Waals surface area contributed by atoms with Gasteiger partial charge in [-0.1, -0.05) is 30.3 Å². The Kier molecular flexibility index (Phi) is 5.63. The summed E-state index contributed by atoms with van der Waals surface area (Å²) in [6.45, 7) is 1.65. The highest BCUT2D eigenvalue weighted by atomic mass is 16.5. The van der Waals surface area contributed by atoms with Gasteiger partial charge in [-0.3, -0.25) is 4.99 Å². The minimum absolute atomic E-state index is 0.0718. The van der Waals surface area contributed by atoms with Crippen LogP contribution >= 0.6 is 0 Å². The molecule has 0 fully saturated rings. The van der Waals surface area contributed by atoms with Crippen molar-refractivity contribution >= 4 is 6.21 Å². The van der Waals surface area contributed by atoms with E-state index in [-0.39, 0.29) is 6.61 Å². The number of nitrogens with zero attached hydrogens (tertiary/aromatic N) is 1. The van der Waals surface area contributed by atoms with Crippen molar-refractivity contribution in [2.45, 2.75) is 0 Å². The Bertz CT molecular complexity index is 259. The van der Waals surface area contributed by atoms with E-state index in [1.54, 1.807) is 0 Å². The third-order valence-corrected chi connectivity index (χ3v) is 1.64. The number of aliphatic hydroxyl groups is 1. The standard InChI is InChI=1S/C11H15NO2/c13-7-9-14-8-6-12-10-11-4-2-1-3-5-11/h1-5,10,13H,6-9H2. The maximum absolute atomic E-state index is 8.44. The molecule has 1 aromatic carbocycles. The van der Waals surface area contributed by atoms with Gasteiger partial charge in [-0.15, -0.1) is 0 Å². The van der Waals surface area contributed by atoms with Gasteiger partial charge in [-0.25, -0.2) is 0 Å². The largest absolute Gasteiger partial charge is 0.394 e. The maximum atomic E-state index is 8.44. The van der Waals surface area contributed by atoms with E-state index in [0.717, 1.165) is 5.56 Å². The molecule has 1 N–H and O–H groups in total. The van der Waals surface area contributed by atoms with Crippen molar-refractivity contribution in [2.24, 2.45) is 4.99 Å². The zero-order valence-corrected chi connectivity index (χ0v) is 8.10. The van der Waals surface area contributed by atoms with Gasteiger partial charge in [-0.05, 0) is 5.56 Å². The van der Waals surface area contributed by atoms with E-state index < -0.39 is 0 Å². The number of aliphatic hydroxyl groups excluding tert-OH is 1. The highest BCUT2D eigenvalue weighted by Gasteiger charge is 1.85. The molecule has 0 spiro atoms. The second-order valence-electron chi connectivity index (χ2n) is 2.78. The van der Waals surface area contributed by atoms with Crippen LogP contribution in [0.25, 0.3) is 0 Å². The van der Waals surface area contributed by atoms with Gasteiger partial charge in [0.15, 0.2) is 0 Å². The van der Waals surface area contributed by atoms with Crippen LogP contribution in [0.3, 0.4) is 0 Å². The van der Waals surface area contributed by atoms with Crippen LogP contribution in [0.15, 0.2) is 35.3 Å². The van der Waals surface area contributed by atoms with Crippen LogP contribution in [0.2, 0.25) is 0 Å². The molecule has 0 aliphatic heterocycles. The maximum Gasteiger partial charge on any atom is 0.0698 e. The summed E-state index contributed by atoms with van der Waals surface area (Å²) in [5.74, 6) is 0. The Morgan fingerprint density at radius 1 is 1.21 bits per heavy atom. The van der Waals surface area contributed by atoms with Gasteiger partial charge in [0, 0.05) is 6.21 Å². The van der Waals surface area contributed by atoms with Crippen molar-refractivity contribution in [3.63, 3.8) is 0 Å². The first-order valence-corrected chi connectivity index (χ1v) is 4.67. The number of hydrogen-bond acceptors (Lipinski definition) is 3. The van der Waals surface area contributed by atoms with Crippen LogP contribution < -0.4 is 0 Å². The Morgan fingerprint density at radius 3 is 2.71 bits per heavy atom. The monoisotopic (exact) mass is 193 g/mol. The van der Waals surface area contributed by atoms with Crippen LogP contribution in [0.5, 0.6) is 0 Å². The highest BCUT2D eigenvalue weighted by Crippen LogP contribution is 1.93. The Morgan fingerprint density at radius 2 is 2.00 bits per heavy atom. The lowest BCUT2D eigenvalue weighted by Gasteiger charge is -1.97. The first kappa shape index (κ1) is 10.9. The molecular formula is C11H15NO2. The van der Waals surface area contributed by atoms with E-state index in [9.17, 15) is 0 Å². The zero-order valence-electron chi connectivity index (χ0n) is 8.10. The first-order chi connectivity index (χ1) is 6.93. The molecule has 3 heteroatoms. The molecule has 1 aromatic rings. The lowest BCUT2D eigenvalue weighted by Crippen LogP contribution is -2.03. The molecule has 0 heterocycles. The number of hydrogen-bond donors (Lipinski definition) is 1. The molecule has 0 aliphatic rings. The van der Waals surface area contributed by atoms with Gasteiger partial charge < -0.3 is 9.84 Å². The van der Waals surface area contributed by atoms with E-state index in [0.29, 0.717) is 19.8 Å². The first-order valence-electron chi connectivity index (χ1n) is 4.67. The summed E-state index contributed by atoms with van der Waals surface area (Å²) < 4.78 is 5.06. The summed E-state index contributed by atoms with van der Waals surface area (Å²) in [5.41, 5.74) is 1.09. The summed E-state index contributed by atoms with van der Waals surface area (Å²) in [5, 5.41) is 8.44. The minimum Gasteiger partial charge on any atom is -0.394 e. The second-order valence-corrected chi connectivity index (χ2v) is 2.78. The van der Waals surface area contributed by atoms with Crippen LogP contribution in [-0.2, 0) is 4.74 Å². The predicted octanol–water partition coefficient (Wildman–Crippen LogP) is 1.11. The van der Waals surface area contributed by atoms with E-state index >= 15 is 0 Å². The molecule has 0 saturated carbocycles. The summed E-state index contributed by atoms with van der Waals surface area (Å²) in [6.07, 6.45) is 1.82. The number of benzene rings is 1. The smallest absolute Gasteiger partial charge is 0.0698 e. The average Bonchev–Trinajstić information content (AvgIpc) is 2.25. The quantitative estimate of drug-likeness (QED) is 0.543. The molecule has 3 nitrogen and oxygen atoms in total. The second kappa shape index (κ2) is 7.24. The third kappa shape index (κ3) is 4.74. The molecule has 0 radical (unpaired) electrons. The number of rotatable bonds is 6. The molecular weight excluding hydrogens is 178 g/mol. The average molecular weight is 193 g/mol. The van der Waals surface area contributed by atoms with Crippen molar-refractivity contribution in [3.05, 3.63) is 35.9 Å². The van der Waals surface area contributed by atoms with Crippen molar-refractivity contribution in [1.29, 1.82) is 0 Å². The van der Waals surface area contributed by atoms with Crippen molar-refractivity contribution in [2.75, 3.05) is 26.4 Å². The van der Waals surface area contributed by atoms with Crippen molar-refractivity contribution < 1.29 is 9.84 Å². The van der Waals surface area contributed by atoms with Gasteiger partial charge >= 0.3 is 0 Å². The van der Waals surface area contributed by atoms with Crippen molar-refractivity contribution in [3.8, 4) is 0 Å². The highest BCUT2D eigenvalue weighted by molar-refractivity contribution is 5.79. The van der Waals surface area contributed by atoms with E-state index in [1.165, 1.54) is 0 Å². The SMILES string of the molecule is OCCOCCN=Cc1ccccc1. The summed E-state index contributed by atoms with van der Waals surface area (Å²) in [6, 6.07) is 9.92. The van der Waals surface area contributed by atoms with Gasteiger partial charge in [-0.2, -0.15) is 0 Å². The Balaban J connectivity index is 2.15. The lowest BCUT2D eigenvalue weighted by molar-refractivity contribution is 0.0978. The summed E-state index contributed by atoms with van der Waals surface area (Å²) >= 11 is 0. The molecule has 0 bridgehead atoms. The zero-order chi connectivity index (χ0) is 10.1. The van der Waals surface area contributed by atoms with Crippen LogP contribution in [0, 0.1) is 0 Å². The molecule has 0 amide bonds. The van der Waals surface area contributed by atoms with E-state index in [4.69, 9.17) is 9.84 Å². The lowest BCUT2D eigenvalue weighted by atomic mass is 10.2. The molecule has 0 unspecified atom stereocenters. The fourth-order valence-corrected chi connectivity index (χ4v) is 0.993. The molecule has 76 valence electrons. The fourth-order valence-electron chi connectivity index (χ4n) is 0.993. The van der Waals surface area contributed by atoms with Gasteiger partial charge in [0.2, 0.25) is 0 Å². The Labute approximate surface area is 84.1 Å². The Hall–Kier alpha value is -1.19. The van der Waals surface area contributed by atoms with Gasteiger partial charge in [0.1, 0.15) is 0 Å². The van der Waals surface area contributed by atoms with Crippen molar-refractivity contribution in [1.82, 2.24) is 0 Å². The molecule has 0 aromatic heterocycles. The normalized spacial score (nSPS) is 10.9. The van der Waals surface area contributed by atoms with Crippen LogP contribution in [0.4, 0.5) is 0 Å². The molecule has 0 atom stereocenters. The summed E-state index contributed by atoms with van der Waals surface area (Å²) in [4.78, 5) is 4.18. The fraction of sp³-hybridized carbons (Fsp3) is 0.364. The summed E-state index contributed by atoms with van der Waals surface area (Å²) in [7, 11) is 0. The van der Waals surface area contributed by atoms with E-state index in [2.05, 4.69) is 4.99 Å². The minimum atomic E-state index is 0.0718. The topological polar surface area (TPSA) is 41.8 Å². The third-order valence-electron chi connectivity index (χ3n) is 1.64. The molecule has 0 aliphatic carbocycles. The molecule has 14 heavy (non-hydrogen) atoms. The van der Waals surface area contributed by atoms with E-state index in [1.807, 2.05) is 36.5 Å². The number of ether oxygens (including phenoxy) is 1. The number of aliphatic imine (C=N–C) groups is 1. The van der Waals surface area contributed by atoms with Gasteiger partial charge in [0.25, 0.3) is 0 Å².